The van der Waals surface area contributed by atoms with Crippen LogP contribution < -0.4 is 4.90 Å². The van der Waals surface area contributed by atoms with Gasteiger partial charge in [-0.15, -0.1) is 15.3 Å². The van der Waals surface area contributed by atoms with Crippen LogP contribution in [0.25, 0.3) is 5.69 Å². The minimum Gasteiger partial charge on any atom is -0.378 e. The molecule has 10 heteroatoms. The van der Waals surface area contributed by atoms with Crippen molar-refractivity contribution in [2.75, 3.05) is 31.2 Å². The molecule has 3 heterocycles. The fourth-order valence-corrected chi connectivity index (χ4v) is 3.76. The summed E-state index contributed by atoms with van der Waals surface area (Å²) in [5.74, 6) is 2.30. The van der Waals surface area contributed by atoms with Crippen LogP contribution in [-0.4, -0.2) is 61.3 Å². The maximum Gasteiger partial charge on any atom is 0.228 e. The minimum absolute atomic E-state index is 0.614. The van der Waals surface area contributed by atoms with Crippen molar-refractivity contribution in [3.8, 4) is 5.69 Å². The molecule has 0 atom stereocenters. The van der Waals surface area contributed by atoms with Gasteiger partial charge in [0.1, 0.15) is 0 Å². The number of benzene rings is 1. The Balaban J connectivity index is 1.51. The summed E-state index contributed by atoms with van der Waals surface area (Å²) in [7, 11) is 0. The molecule has 1 aliphatic rings. The normalized spacial score (nSPS) is 14.7. The van der Waals surface area contributed by atoms with Gasteiger partial charge < -0.3 is 9.64 Å². The molecule has 1 saturated heterocycles. The van der Waals surface area contributed by atoms with Crippen LogP contribution in [0.4, 0.5) is 5.95 Å². The van der Waals surface area contributed by atoms with Crippen molar-refractivity contribution in [2.45, 2.75) is 24.4 Å². The molecule has 26 heavy (non-hydrogen) atoms. The topological polar surface area (TPSA) is 86.8 Å². The summed E-state index contributed by atoms with van der Waals surface area (Å²) in [6.07, 6.45) is 0. The molecule has 4 rings (SSSR count). The van der Waals surface area contributed by atoms with E-state index in [1.165, 1.54) is 0 Å². The van der Waals surface area contributed by atoms with E-state index in [2.05, 4.69) is 42.1 Å². The van der Waals surface area contributed by atoms with Gasteiger partial charge in [-0.2, -0.15) is 4.68 Å². The Morgan fingerprint density at radius 3 is 2.65 bits per heavy atom. The number of anilines is 1. The van der Waals surface area contributed by atoms with Gasteiger partial charge in [0.15, 0.2) is 11.0 Å². The monoisotopic (exact) mass is 372 g/mol. The van der Waals surface area contributed by atoms with Gasteiger partial charge in [0.25, 0.3) is 0 Å². The number of hydrogen-bond acceptors (Lipinski definition) is 8. The van der Waals surface area contributed by atoms with Crippen LogP contribution in [0.5, 0.6) is 0 Å². The predicted octanol–water partition coefficient (Wildman–Crippen LogP) is 1.40. The van der Waals surface area contributed by atoms with Gasteiger partial charge in [0.2, 0.25) is 5.95 Å². The number of morpholine rings is 1. The molecule has 3 aromatic rings. The zero-order valence-corrected chi connectivity index (χ0v) is 15.3. The van der Waals surface area contributed by atoms with Crippen molar-refractivity contribution in [2.24, 2.45) is 0 Å². The first kappa shape index (κ1) is 17.0. The SMILES string of the molecule is CCn1c(SCc2nnnn2-c2ccccc2)nnc1N1CCOCC1. The largest absolute Gasteiger partial charge is 0.378 e. The molecule has 0 saturated carbocycles. The molecule has 0 unspecified atom stereocenters. The average Bonchev–Trinajstić information content (AvgIpc) is 3.34. The van der Waals surface area contributed by atoms with Crippen molar-refractivity contribution < 1.29 is 4.74 Å². The Hall–Kier alpha value is -2.46. The van der Waals surface area contributed by atoms with E-state index in [1.54, 1.807) is 16.4 Å². The van der Waals surface area contributed by atoms with E-state index < -0.39 is 0 Å². The molecule has 1 aromatic carbocycles. The van der Waals surface area contributed by atoms with Crippen molar-refractivity contribution >= 4 is 17.7 Å². The molecule has 0 spiro atoms. The molecular weight excluding hydrogens is 352 g/mol. The fourth-order valence-electron chi connectivity index (χ4n) is 2.86. The molecule has 0 aliphatic carbocycles. The summed E-state index contributed by atoms with van der Waals surface area (Å²) < 4.78 is 9.31. The number of para-hydroxylation sites is 1. The van der Waals surface area contributed by atoms with Crippen LogP contribution in [0, 0.1) is 0 Å². The van der Waals surface area contributed by atoms with E-state index in [1.807, 2.05) is 30.3 Å². The van der Waals surface area contributed by atoms with E-state index in [9.17, 15) is 0 Å². The van der Waals surface area contributed by atoms with Gasteiger partial charge in [-0.05, 0) is 29.5 Å². The lowest BCUT2D eigenvalue weighted by Crippen LogP contribution is -2.38. The summed E-state index contributed by atoms with van der Waals surface area (Å²) in [4.78, 5) is 2.22. The Bertz CT molecular complexity index is 843. The standard InChI is InChI=1S/C16H20N8OS/c1-2-23-15(22-8-10-25-11-9-22)18-19-16(23)26-12-14-17-20-21-24(14)13-6-4-3-5-7-13/h3-7H,2,8-12H2,1H3. The number of aromatic nitrogens is 7. The van der Waals surface area contributed by atoms with Gasteiger partial charge >= 0.3 is 0 Å². The summed E-state index contributed by atoms with van der Waals surface area (Å²) >= 11 is 1.59. The van der Waals surface area contributed by atoms with E-state index in [0.717, 1.165) is 55.5 Å². The van der Waals surface area contributed by atoms with Crippen molar-refractivity contribution in [3.05, 3.63) is 36.2 Å². The molecule has 136 valence electrons. The lowest BCUT2D eigenvalue weighted by atomic mass is 10.3. The first-order valence-electron chi connectivity index (χ1n) is 8.58. The van der Waals surface area contributed by atoms with Gasteiger partial charge in [-0.25, -0.2) is 0 Å². The van der Waals surface area contributed by atoms with Crippen LogP contribution in [0.15, 0.2) is 35.5 Å². The highest BCUT2D eigenvalue weighted by atomic mass is 32.2. The third-order valence-electron chi connectivity index (χ3n) is 4.17. The molecular formula is C16H20N8OS. The van der Waals surface area contributed by atoms with Gasteiger partial charge in [-0.3, -0.25) is 4.57 Å². The summed E-state index contributed by atoms with van der Waals surface area (Å²) in [5.41, 5.74) is 0.944. The lowest BCUT2D eigenvalue weighted by molar-refractivity contribution is 0.121. The smallest absolute Gasteiger partial charge is 0.228 e. The Kier molecular flexibility index (Phi) is 5.12. The zero-order chi connectivity index (χ0) is 17.8. The lowest BCUT2D eigenvalue weighted by Gasteiger charge is -2.27. The van der Waals surface area contributed by atoms with Crippen LogP contribution >= 0.6 is 11.8 Å². The molecule has 1 aliphatic heterocycles. The minimum atomic E-state index is 0.614. The fraction of sp³-hybridized carbons (Fsp3) is 0.438. The molecule has 0 bridgehead atoms. The number of tetrazole rings is 1. The third-order valence-corrected chi connectivity index (χ3v) is 5.14. The number of ether oxygens (including phenoxy) is 1. The number of rotatable bonds is 6. The van der Waals surface area contributed by atoms with Gasteiger partial charge in [0.05, 0.1) is 24.7 Å². The van der Waals surface area contributed by atoms with Gasteiger partial charge in [0, 0.05) is 19.6 Å². The molecule has 1 fully saturated rings. The number of hydrogen-bond donors (Lipinski definition) is 0. The highest BCUT2D eigenvalue weighted by Crippen LogP contribution is 2.25. The molecule has 2 aromatic heterocycles. The average molecular weight is 372 g/mol. The van der Waals surface area contributed by atoms with E-state index in [0.29, 0.717) is 5.75 Å². The van der Waals surface area contributed by atoms with Crippen LogP contribution in [0.1, 0.15) is 12.7 Å². The van der Waals surface area contributed by atoms with Crippen molar-refractivity contribution in [3.63, 3.8) is 0 Å². The van der Waals surface area contributed by atoms with Crippen LogP contribution in [-0.2, 0) is 17.0 Å². The summed E-state index contributed by atoms with van der Waals surface area (Å²) in [6, 6.07) is 9.87. The molecule has 0 radical (unpaired) electrons. The Morgan fingerprint density at radius 1 is 1.08 bits per heavy atom. The van der Waals surface area contributed by atoms with Crippen LogP contribution in [0.2, 0.25) is 0 Å². The first-order valence-corrected chi connectivity index (χ1v) is 9.56. The van der Waals surface area contributed by atoms with Gasteiger partial charge in [-0.1, -0.05) is 30.0 Å². The molecule has 0 N–H and O–H groups in total. The molecule has 9 nitrogen and oxygen atoms in total. The first-order chi connectivity index (χ1) is 12.9. The maximum absolute atomic E-state index is 5.42. The van der Waals surface area contributed by atoms with Crippen molar-refractivity contribution in [1.29, 1.82) is 0 Å². The summed E-state index contributed by atoms with van der Waals surface area (Å²) in [5, 5.41) is 21.7. The number of nitrogens with zero attached hydrogens (tertiary/aromatic N) is 8. The van der Waals surface area contributed by atoms with E-state index in [4.69, 9.17) is 4.74 Å². The Labute approximate surface area is 155 Å². The second kappa shape index (κ2) is 7.83. The van der Waals surface area contributed by atoms with Crippen molar-refractivity contribution in [1.82, 2.24) is 35.0 Å². The second-order valence-corrected chi connectivity index (χ2v) is 6.70. The van der Waals surface area contributed by atoms with E-state index in [-0.39, 0.29) is 0 Å². The molecule has 0 amide bonds. The quantitative estimate of drug-likeness (QED) is 0.600. The number of thioether (sulfide) groups is 1. The predicted molar refractivity (Wildman–Crippen MR) is 97.4 cm³/mol. The highest BCUT2D eigenvalue weighted by Gasteiger charge is 2.20. The maximum atomic E-state index is 5.42. The zero-order valence-electron chi connectivity index (χ0n) is 14.5. The van der Waals surface area contributed by atoms with E-state index >= 15 is 0 Å². The third kappa shape index (κ3) is 3.42. The van der Waals surface area contributed by atoms with Crippen LogP contribution in [0.3, 0.4) is 0 Å². The Morgan fingerprint density at radius 2 is 1.88 bits per heavy atom. The highest BCUT2D eigenvalue weighted by molar-refractivity contribution is 7.98. The second-order valence-electron chi connectivity index (χ2n) is 5.76. The summed E-state index contributed by atoms with van der Waals surface area (Å²) in [6.45, 7) is 6.05.